The van der Waals surface area contributed by atoms with Crippen LogP contribution in [0.25, 0.3) is 0 Å². The van der Waals surface area contributed by atoms with E-state index in [9.17, 15) is 5.11 Å². The molecule has 1 atom stereocenters. The Morgan fingerprint density at radius 2 is 1.68 bits per heavy atom. The Labute approximate surface area is 135 Å². The topological polar surface area (TPSA) is 33.1 Å². The zero-order valence-corrected chi connectivity index (χ0v) is 13.8. The zero-order valence-electron chi connectivity index (χ0n) is 13.8. The first-order valence-electron chi connectivity index (χ1n) is 9.42. The van der Waals surface area contributed by atoms with Crippen LogP contribution in [-0.4, -0.2) is 10.1 Å². The van der Waals surface area contributed by atoms with Gasteiger partial charge in [-0.1, -0.05) is 57.4 Å². The molecular formula is C20H31NO. The van der Waals surface area contributed by atoms with Crippen LogP contribution in [0.4, 0.5) is 0 Å². The molecule has 0 aliphatic heterocycles. The van der Waals surface area contributed by atoms with Crippen molar-refractivity contribution in [1.29, 1.82) is 0 Å². The van der Waals surface area contributed by atoms with Gasteiger partial charge in [-0.15, -0.1) is 0 Å². The molecule has 2 nitrogen and oxygen atoms in total. The second kappa shape index (κ2) is 7.59. The van der Waals surface area contributed by atoms with Crippen molar-refractivity contribution in [2.45, 2.75) is 82.7 Å². The van der Waals surface area contributed by atoms with Gasteiger partial charge in [0.25, 0.3) is 0 Å². The van der Waals surface area contributed by atoms with Crippen LogP contribution in [0.2, 0.25) is 0 Å². The van der Waals surface area contributed by atoms with Crippen LogP contribution in [-0.2, 0) is 5.60 Å². The Morgan fingerprint density at radius 1 is 1.00 bits per heavy atom. The standard InChI is InChI=1S/C20H31NO/c22-20(18-10-5-2-6-11-18,19-12-7-15-21-16-19)14-13-17-8-3-1-4-9-17/h7,12,15-18,22H,1-6,8-11,13-14H2. The predicted octanol–water partition coefficient (Wildman–Crippen LogP) is 5.21. The van der Waals surface area contributed by atoms with Crippen LogP contribution in [0.15, 0.2) is 24.5 Å². The van der Waals surface area contributed by atoms with Crippen LogP contribution in [0.5, 0.6) is 0 Å². The highest BCUT2D eigenvalue weighted by molar-refractivity contribution is 5.19. The van der Waals surface area contributed by atoms with E-state index in [1.165, 1.54) is 70.6 Å². The fourth-order valence-corrected chi connectivity index (χ4v) is 4.68. The van der Waals surface area contributed by atoms with Crippen molar-refractivity contribution in [1.82, 2.24) is 4.98 Å². The van der Waals surface area contributed by atoms with Gasteiger partial charge in [0.05, 0.1) is 5.60 Å². The van der Waals surface area contributed by atoms with Crippen LogP contribution < -0.4 is 0 Å². The Kier molecular flexibility index (Phi) is 5.51. The van der Waals surface area contributed by atoms with Gasteiger partial charge in [0.15, 0.2) is 0 Å². The first-order chi connectivity index (χ1) is 10.8. The number of hydrogen-bond acceptors (Lipinski definition) is 2. The lowest BCUT2D eigenvalue weighted by atomic mass is 9.70. The Hall–Kier alpha value is -0.890. The summed E-state index contributed by atoms with van der Waals surface area (Å²) in [5.74, 6) is 1.26. The number of aliphatic hydroxyl groups is 1. The second-order valence-electron chi connectivity index (χ2n) is 7.54. The first-order valence-corrected chi connectivity index (χ1v) is 9.42. The van der Waals surface area contributed by atoms with Crippen LogP contribution in [0.1, 0.15) is 82.6 Å². The molecule has 1 N–H and O–H groups in total. The van der Waals surface area contributed by atoms with E-state index in [1.54, 1.807) is 0 Å². The van der Waals surface area contributed by atoms with Crippen LogP contribution in [0, 0.1) is 11.8 Å². The summed E-state index contributed by atoms with van der Waals surface area (Å²) in [7, 11) is 0. The largest absolute Gasteiger partial charge is 0.385 e. The highest BCUT2D eigenvalue weighted by Gasteiger charge is 2.39. The highest BCUT2D eigenvalue weighted by Crippen LogP contribution is 2.43. The normalized spacial score (nSPS) is 24.0. The van der Waals surface area contributed by atoms with Crippen molar-refractivity contribution in [3.05, 3.63) is 30.1 Å². The maximum atomic E-state index is 11.6. The summed E-state index contributed by atoms with van der Waals surface area (Å²) in [4.78, 5) is 4.28. The van der Waals surface area contributed by atoms with E-state index in [0.717, 1.165) is 17.9 Å². The van der Waals surface area contributed by atoms with E-state index >= 15 is 0 Å². The lowest BCUT2D eigenvalue weighted by Crippen LogP contribution is -2.37. The van der Waals surface area contributed by atoms with E-state index < -0.39 is 5.60 Å². The van der Waals surface area contributed by atoms with E-state index in [-0.39, 0.29) is 0 Å². The molecule has 0 spiro atoms. The molecule has 22 heavy (non-hydrogen) atoms. The van der Waals surface area contributed by atoms with Gasteiger partial charge < -0.3 is 5.11 Å². The van der Waals surface area contributed by atoms with Crippen molar-refractivity contribution >= 4 is 0 Å². The van der Waals surface area contributed by atoms with Crippen molar-refractivity contribution in [3.8, 4) is 0 Å². The van der Waals surface area contributed by atoms with Gasteiger partial charge in [-0.3, -0.25) is 4.98 Å². The molecule has 0 aromatic carbocycles. The zero-order chi connectivity index (χ0) is 15.3. The Bertz CT molecular complexity index is 434. The van der Waals surface area contributed by atoms with Crippen molar-refractivity contribution in [3.63, 3.8) is 0 Å². The second-order valence-corrected chi connectivity index (χ2v) is 7.54. The molecule has 2 aliphatic rings. The van der Waals surface area contributed by atoms with Gasteiger partial charge in [-0.2, -0.15) is 0 Å². The first kappa shape index (κ1) is 16.0. The van der Waals surface area contributed by atoms with Crippen molar-refractivity contribution in [2.75, 3.05) is 0 Å². The molecule has 2 heteroatoms. The highest BCUT2D eigenvalue weighted by atomic mass is 16.3. The number of aromatic nitrogens is 1. The quantitative estimate of drug-likeness (QED) is 0.809. The lowest BCUT2D eigenvalue weighted by Gasteiger charge is -2.40. The third-order valence-corrected chi connectivity index (χ3v) is 6.10. The average Bonchev–Trinajstić information content (AvgIpc) is 2.62. The summed E-state index contributed by atoms with van der Waals surface area (Å²) >= 11 is 0. The van der Waals surface area contributed by atoms with Crippen LogP contribution in [0.3, 0.4) is 0 Å². The minimum absolute atomic E-state index is 0.425. The minimum Gasteiger partial charge on any atom is -0.385 e. The maximum absolute atomic E-state index is 11.6. The summed E-state index contributed by atoms with van der Waals surface area (Å²) in [5, 5.41) is 11.6. The molecule has 0 radical (unpaired) electrons. The predicted molar refractivity (Wildman–Crippen MR) is 90.5 cm³/mol. The molecule has 2 fully saturated rings. The SMILES string of the molecule is OC(CCC1CCCCC1)(c1cccnc1)C1CCCCC1. The van der Waals surface area contributed by atoms with Gasteiger partial charge in [-0.05, 0) is 43.6 Å². The molecule has 1 aromatic rings. The van der Waals surface area contributed by atoms with Gasteiger partial charge in [-0.25, -0.2) is 0 Å². The van der Waals surface area contributed by atoms with E-state index in [1.807, 2.05) is 18.5 Å². The molecule has 2 aliphatic carbocycles. The summed E-state index contributed by atoms with van der Waals surface area (Å²) < 4.78 is 0. The fourth-order valence-electron chi connectivity index (χ4n) is 4.68. The number of rotatable bonds is 5. The number of hydrogen-bond donors (Lipinski definition) is 1. The molecule has 1 unspecified atom stereocenters. The van der Waals surface area contributed by atoms with Gasteiger partial charge >= 0.3 is 0 Å². The third kappa shape index (κ3) is 3.71. The van der Waals surface area contributed by atoms with Crippen molar-refractivity contribution in [2.24, 2.45) is 11.8 Å². The summed E-state index contributed by atoms with van der Waals surface area (Å²) in [6.45, 7) is 0. The molecule has 1 aromatic heterocycles. The fraction of sp³-hybridized carbons (Fsp3) is 0.750. The summed E-state index contributed by atoms with van der Waals surface area (Å²) in [6.07, 6.45) is 19.0. The molecule has 2 saturated carbocycles. The van der Waals surface area contributed by atoms with Gasteiger partial charge in [0, 0.05) is 18.0 Å². The molecule has 0 saturated heterocycles. The molecule has 0 amide bonds. The lowest BCUT2D eigenvalue weighted by molar-refractivity contribution is -0.0516. The molecule has 1 heterocycles. The van der Waals surface area contributed by atoms with Gasteiger partial charge in [0.1, 0.15) is 0 Å². The average molecular weight is 301 g/mol. The third-order valence-electron chi connectivity index (χ3n) is 6.10. The van der Waals surface area contributed by atoms with Gasteiger partial charge in [0.2, 0.25) is 0 Å². The Balaban J connectivity index is 1.73. The molecule has 0 bridgehead atoms. The van der Waals surface area contributed by atoms with Crippen molar-refractivity contribution < 1.29 is 5.11 Å². The van der Waals surface area contributed by atoms with Crippen LogP contribution >= 0.6 is 0 Å². The summed E-state index contributed by atoms with van der Waals surface area (Å²) in [5.41, 5.74) is 0.407. The smallest absolute Gasteiger partial charge is 0.0939 e. The van der Waals surface area contributed by atoms with E-state index in [0.29, 0.717) is 5.92 Å². The maximum Gasteiger partial charge on any atom is 0.0939 e. The number of nitrogens with zero attached hydrogens (tertiary/aromatic N) is 1. The van der Waals surface area contributed by atoms with E-state index in [4.69, 9.17) is 0 Å². The summed E-state index contributed by atoms with van der Waals surface area (Å²) in [6, 6.07) is 4.06. The molecule has 3 rings (SSSR count). The number of pyridine rings is 1. The van der Waals surface area contributed by atoms with E-state index in [2.05, 4.69) is 11.1 Å². The minimum atomic E-state index is -0.647. The monoisotopic (exact) mass is 301 g/mol. The molecule has 122 valence electrons. The molecular weight excluding hydrogens is 270 g/mol. The Morgan fingerprint density at radius 3 is 2.32 bits per heavy atom.